The van der Waals surface area contributed by atoms with E-state index in [0.717, 1.165) is 15.7 Å². The number of pyridine rings is 1. The van der Waals surface area contributed by atoms with Crippen molar-refractivity contribution in [1.82, 2.24) is 9.29 Å². The van der Waals surface area contributed by atoms with Crippen molar-refractivity contribution in [3.05, 3.63) is 42.6 Å². The number of hydrogen-bond acceptors (Lipinski definition) is 5. The van der Waals surface area contributed by atoms with E-state index in [-0.39, 0.29) is 0 Å². The number of nitrogens with zero attached hydrogens (tertiary/aromatic N) is 2. The van der Waals surface area contributed by atoms with Gasteiger partial charge in [0.05, 0.1) is 19.0 Å². The molecular formula is C14H18N4O3S. The van der Waals surface area contributed by atoms with Gasteiger partial charge in [-0.15, -0.1) is 0 Å². The van der Waals surface area contributed by atoms with Crippen LogP contribution >= 0.6 is 0 Å². The normalized spacial score (nSPS) is 11.3. The molecule has 7 nitrogen and oxygen atoms in total. The van der Waals surface area contributed by atoms with E-state index < -0.39 is 10.2 Å². The van der Waals surface area contributed by atoms with Gasteiger partial charge >= 0.3 is 10.2 Å². The second-order valence-electron chi connectivity index (χ2n) is 4.68. The van der Waals surface area contributed by atoms with Crippen molar-refractivity contribution in [1.29, 1.82) is 0 Å². The molecule has 22 heavy (non-hydrogen) atoms. The first-order valence-electron chi connectivity index (χ1n) is 6.48. The summed E-state index contributed by atoms with van der Waals surface area (Å²) in [5.41, 5.74) is 1.22. The van der Waals surface area contributed by atoms with E-state index in [1.807, 2.05) is 24.3 Å². The zero-order valence-corrected chi connectivity index (χ0v) is 13.4. The molecule has 2 rings (SSSR count). The van der Waals surface area contributed by atoms with Crippen molar-refractivity contribution in [2.45, 2.75) is 0 Å². The summed E-state index contributed by atoms with van der Waals surface area (Å²) < 4.78 is 32.1. The maximum absolute atomic E-state index is 11.7. The smallest absolute Gasteiger partial charge is 0.301 e. The molecule has 0 aliphatic carbocycles. The van der Waals surface area contributed by atoms with Crippen molar-refractivity contribution in [2.75, 3.05) is 31.2 Å². The Labute approximate surface area is 130 Å². The Kier molecular flexibility index (Phi) is 4.84. The molecule has 0 spiro atoms. The highest BCUT2D eigenvalue weighted by Crippen LogP contribution is 2.21. The van der Waals surface area contributed by atoms with Gasteiger partial charge in [0.1, 0.15) is 11.6 Å². The van der Waals surface area contributed by atoms with Crippen molar-refractivity contribution < 1.29 is 13.2 Å². The molecule has 0 bridgehead atoms. The summed E-state index contributed by atoms with van der Waals surface area (Å²) in [6.45, 7) is 0. The summed E-state index contributed by atoms with van der Waals surface area (Å²) in [5, 5.41) is 3.11. The van der Waals surface area contributed by atoms with Gasteiger partial charge in [-0.2, -0.15) is 12.7 Å². The number of anilines is 3. The number of rotatable bonds is 6. The Hall–Kier alpha value is -2.32. The lowest BCUT2D eigenvalue weighted by molar-refractivity contribution is 0.415. The van der Waals surface area contributed by atoms with Gasteiger partial charge in [-0.05, 0) is 24.3 Å². The summed E-state index contributed by atoms with van der Waals surface area (Å²) in [5.74, 6) is 1.33. The fraction of sp³-hybridized carbons (Fsp3) is 0.214. The van der Waals surface area contributed by atoms with Crippen LogP contribution < -0.4 is 14.8 Å². The summed E-state index contributed by atoms with van der Waals surface area (Å²) >= 11 is 0. The Morgan fingerprint density at radius 1 is 1.14 bits per heavy atom. The quantitative estimate of drug-likeness (QED) is 0.850. The minimum absolute atomic E-state index is 0.393. The highest BCUT2D eigenvalue weighted by molar-refractivity contribution is 7.90. The van der Waals surface area contributed by atoms with E-state index in [2.05, 4.69) is 15.0 Å². The maximum Gasteiger partial charge on any atom is 0.301 e. The van der Waals surface area contributed by atoms with E-state index in [0.29, 0.717) is 11.5 Å². The Morgan fingerprint density at radius 3 is 2.50 bits per heavy atom. The lowest BCUT2D eigenvalue weighted by atomic mass is 10.3. The molecule has 0 amide bonds. The van der Waals surface area contributed by atoms with Gasteiger partial charge in [-0.25, -0.2) is 4.98 Å². The van der Waals surface area contributed by atoms with Crippen LogP contribution in [0.15, 0.2) is 42.6 Å². The Morgan fingerprint density at radius 2 is 1.91 bits per heavy atom. The molecule has 0 saturated heterocycles. The molecule has 1 aromatic heterocycles. The number of hydrogen-bond donors (Lipinski definition) is 2. The molecule has 1 aromatic carbocycles. The number of aromatic nitrogens is 1. The SMILES string of the molecule is COc1cccc(Nc2ccc(NS(=O)(=O)N(C)C)cn2)c1. The molecule has 0 saturated carbocycles. The summed E-state index contributed by atoms with van der Waals surface area (Å²) in [7, 11) is 0.980. The first-order chi connectivity index (χ1) is 10.4. The molecule has 0 aliphatic heterocycles. The Bertz CT molecular complexity index is 730. The van der Waals surface area contributed by atoms with Crippen molar-refractivity contribution in [2.24, 2.45) is 0 Å². The average Bonchev–Trinajstić information content (AvgIpc) is 2.49. The molecule has 0 unspecified atom stereocenters. The summed E-state index contributed by atoms with van der Waals surface area (Å²) in [6, 6.07) is 10.7. The summed E-state index contributed by atoms with van der Waals surface area (Å²) in [4.78, 5) is 4.18. The van der Waals surface area contributed by atoms with Gasteiger partial charge in [0, 0.05) is 25.8 Å². The predicted molar refractivity (Wildman–Crippen MR) is 86.7 cm³/mol. The van der Waals surface area contributed by atoms with E-state index in [9.17, 15) is 8.42 Å². The molecular weight excluding hydrogens is 304 g/mol. The number of nitrogens with one attached hydrogen (secondary N) is 2. The van der Waals surface area contributed by atoms with Gasteiger partial charge in [-0.3, -0.25) is 4.72 Å². The topological polar surface area (TPSA) is 83.6 Å². The second-order valence-corrected chi connectivity index (χ2v) is 6.56. The lowest BCUT2D eigenvalue weighted by Crippen LogP contribution is -2.28. The van der Waals surface area contributed by atoms with Crippen LogP contribution in [0.2, 0.25) is 0 Å². The number of ether oxygens (including phenoxy) is 1. The van der Waals surface area contributed by atoms with E-state index in [4.69, 9.17) is 4.74 Å². The van der Waals surface area contributed by atoms with Gasteiger partial charge in [0.2, 0.25) is 0 Å². The molecule has 118 valence electrons. The van der Waals surface area contributed by atoms with E-state index in [1.54, 1.807) is 19.2 Å². The monoisotopic (exact) mass is 322 g/mol. The molecule has 1 heterocycles. The van der Waals surface area contributed by atoms with Crippen LogP contribution in [-0.4, -0.2) is 38.9 Å². The van der Waals surface area contributed by atoms with E-state index >= 15 is 0 Å². The zero-order chi connectivity index (χ0) is 16.2. The lowest BCUT2D eigenvalue weighted by Gasteiger charge is -2.13. The highest BCUT2D eigenvalue weighted by Gasteiger charge is 2.12. The molecule has 2 aromatic rings. The van der Waals surface area contributed by atoms with Crippen LogP contribution in [0.4, 0.5) is 17.2 Å². The van der Waals surface area contributed by atoms with Crippen molar-refractivity contribution in [3.63, 3.8) is 0 Å². The molecule has 8 heteroatoms. The standard InChI is InChI=1S/C14H18N4O3S/c1-18(2)22(19,20)17-12-7-8-14(15-10-12)16-11-5-4-6-13(9-11)21-3/h4-10,17H,1-3H3,(H,15,16). The van der Waals surface area contributed by atoms with Gasteiger partial charge in [0.25, 0.3) is 0 Å². The fourth-order valence-corrected chi connectivity index (χ4v) is 2.22. The minimum atomic E-state index is -3.53. The Balaban J connectivity index is 2.09. The fourth-order valence-electron chi connectivity index (χ4n) is 1.62. The largest absolute Gasteiger partial charge is 0.497 e. The average molecular weight is 322 g/mol. The number of benzene rings is 1. The second kappa shape index (κ2) is 6.63. The molecule has 0 fully saturated rings. The van der Waals surface area contributed by atoms with Crippen LogP contribution in [0.1, 0.15) is 0 Å². The molecule has 0 radical (unpaired) electrons. The predicted octanol–water partition coefficient (Wildman–Crippen LogP) is 2.05. The van der Waals surface area contributed by atoms with Gasteiger partial charge < -0.3 is 10.1 Å². The third-order valence-corrected chi connectivity index (χ3v) is 4.29. The van der Waals surface area contributed by atoms with Crippen molar-refractivity contribution >= 4 is 27.4 Å². The zero-order valence-electron chi connectivity index (χ0n) is 12.6. The third-order valence-electron chi connectivity index (χ3n) is 2.83. The van der Waals surface area contributed by atoms with Crippen LogP contribution in [0.25, 0.3) is 0 Å². The number of methoxy groups -OCH3 is 1. The van der Waals surface area contributed by atoms with Crippen LogP contribution in [0.5, 0.6) is 5.75 Å². The molecule has 2 N–H and O–H groups in total. The summed E-state index contributed by atoms with van der Waals surface area (Å²) in [6.07, 6.45) is 1.45. The first-order valence-corrected chi connectivity index (χ1v) is 7.92. The minimum Gasteiger partial charge on any atom is -0.497 e. The highest BCUT2D eigenvalue weighted by atomic mass is 32.2. The first kappa shape index (κ1) is 16.1. The van der Waals surface area contributed by atoms with Crippen LogP contribution in [0.3, 0.4) is 0 Å². The third kappa shape index (κ3) is 4.09. The van der Waals surface area contributed by atoms with Crippen LogP contribution in [-0.2, 0) is 10.2 Å². The van der Waals surface area contributed by atoms with Gasteiger partial charge in [-0.1, -0.05) is 6.07 Å². The van der Waals surface area contributed by atoms with Crippen LogP contribution in [0, 0.1) is 0 Å². The molecule has 0 aliphatic rings. The van der Waals surface area contributed by atoms with Crippen molar-refractivity contribution in [3.8, 4) is 5.75 Å². The van der Waals surface area contributed by atoms with E-state index in [1.165, 1.54) is 20.3 Å². The molecule has 0 atom stereocenters. The maximum atomic E-state index is 11.7. The van der Waals surface area contributed by atoms with Gasteiger partial charge in [0.15, 0.2) is 0 Å².